The standard InChI is InChI=1S/C16H12Br2F2O2/c1-9-3-11(7-13(17)4-9)16(19,20)12-5-10(15(21)22-2)6-14(18)8-12/h3-8H,1-2H3. The summed E-state index contributed by atoms with van der Waals surface area (Å²) in [6.07, 6.45) is 0. The number of benzene rings is 2. The molecule has 2 aromatic rings. The predicted octanol–water partition coefficient (Wildman–Crippen LogP) is 5.45. The Hall–Kier alpha value is -1.27. The number of hydrogen-bond donors (Lipinski definition) is 0. The van der Waals surface area contributed by atoms with Crippen LogP contribution in [0.4, 0.5) is 8.78 Å². The van der Waals surface area contributed by atoms with Crippen LogP contribution in [-0.2, 0) is 10.7 Å². The lowest BCUT2D eigenvalue weighted by atomic mass is 9.97. The number of rotatable bonds is 3. The van der Waals surface area contributed by atoms with Crippen molar-refractivity contribution in [3.8, 4) is 0 Å². The van der Waals surface area contributed by atoms with E-state index in [4.69, 9.17) is 0 Å². The van der Waals surface area contributed by atoms with Gasteiger partial charge in [-0.05, 0) is 48.9 Å². The summed E-state index contributed by atoms with van der Waals surface area (Å²) in [7, 11) is 1.21. The van der Waals surface area contributed by atoms with Gasteiger partial charge in [-0.15, -0.1) is 0 Å². The maximum absolute atomic E-state index is 14.8. The Kier molecular flexibility index (Phi) is 5.02. The van der Waals surface area contributed by atoms with Gasteiger partial charge in [0.05, 0.1) is 12.7 Å². The SMILES string of the molecule is COC(=O)c1cc(Br)cc(C(F)(F)c2cc(C)cc(Br)c2)c1. The van der Waals surface area contributed by atoms with E-state index in [1.165, 1.54) is 31.4 Å². The van der Waals surface area contributed by atoms with Crippen molar-refractivity contribution in [2.45, 2.75) is 12.8 Å². The van der Waals surface area contributed by atoms with Crippen molar-refractivity contribution in [2.24, 2.45) is 0 Å². The minimum Gasteiger partial charge on any atom is -0.465 e. The number of aryl methyl sites for hydroxylation is 1. The second-order valence-corrected chi connectivity index (χ2v) is 6.64. The maximum Gasteiger partial charge on any atom is 0.337 e. The topological polar surface area (TPSA) is 26.3 Å². The first-order valence-corrected chi connectivity index (χ1v) is 7.87. The number of methoxy groups -OCH3 is 1. The zero-order chi connectivity index (χ0) is 16.5. The van der Waals surface area contributed by atoms with E-state index >= 15 is 0 Å². The first kappa shape index (κ1) is 17.1. The van der Waals surface area contributed by atoms with Crippen LogP contribution in [0.5, 0.6) is 0 Å². The average molecular weight is 434 g/mol. The first-order valence-electron chi connectivity index (χ1n) is 6.29. The van der Waals surface area contributed by atoms with Gasteiger partial charge in [0.1, 0.15) is 0 Å². The Morgan fingerprint density at radius 2 is 1.55 bits per heavy atom. The molecule has 0 fully saturated rings. The number of carbonyl (C=O) groups excluding carboxylic acids is 1. The lowest BCUT2D eigenvalue weighted by molar-refractivity contribution is 0.0424. The molecule has 6 heteroatoms. The second kappa shape index (κ2) is 6.46. The van der Waals surface area contributed by atoms with Crippen molar-refractivity contribution in [2.75, 3.05) is 7.11 Å². The van der Waals surface area contributed by atoms with Crippen LogP contribution in [0.15, 0.2) is 45.3 Å². The lowest BCUT2D eigenvalue weighted by Crippen LogP contribution is -2.17. The van der Waals surface area contributed by atoms with E-state index in [1.807, 2.05) is 0 Å². The molecule has 0 heterocycles. The number of alkyl halides is 2. The molecule has 0 N–H and O–H groups in total. The van der Waals surface area contributed by atoms with Crippen LogP contribution in [0, 0.1) is 6.92 Å². The van der Waals surface area contributed by atoms with E-state index < -0.39 is 11.9 Å². The molecule has 2 aromatic carbocycles. The van der Waals surface area contributed by atoms with Crippen molar-refractivity contribution < 1.29 is 18.3 Å². The van der Waals surface area contributed by atoms with E-state index in [9.17, 15) is 13.6 Å². The van der Waals surface area contributed by atoms with Crippen LogP contribution in [0.1, 0.15) is 27.0 Å². The summed E-state index contributed by atoms with van der Waals surface area (Å²) >= 11 is 6.38. The minimum atomic E-state index is -3.24. The Balaban J connectivity index is 2.57. The van der Waals surface area contributed by atoms with Crippen LogP contribution in [-0.4, -0.2) is 13.1 Å². The Labute approximate surface area is 143 Å². The van der Waals surface area contributed by atoms with Gasteiger partial charge in [-0.25, -0.2) is 4.79 Å². The predicted molar refractivity (Wildman–Crippen MR) is 87.4 cm³/mol. The average Bonchev–Trinajstić information content (AvgIpc) is 2.44. The molecule has 0 unspecified atom stereocenters. The van der Waals surface area contributed by atoms with E-state index in [-0.39, 0.29) is 16.7 Å². The van der Waals surface area contributed by atoms with Gasteiger partial charge < -0.3 is 4.74 Å². The summed E-state index contributed by atoms with van der Waals surface area (Å²) in [5.74, 6) is -3.90. The summed E-state index contributed by atoms with van der Waals surface area (Å²) in [5.41, 5.74) is 0.360. The molecule has 0 bridgehead atoms. The van der Waals surface area contributed by atoms with Gasteiger partial charge in [0.2, 0.25) is 0 Å². The van der Waals surface area contributed by atoms with Crippen LogP contribution in [0.2, 0.25) is 0 Å². The molecule has 0 saturated carbocycles. The van der Waals surface area contributed by atoms with E-state index in [1.54, 1.807) is 13.0 Å². The smallest absolute Gasteiger partial charge is 0.337 e. The highest BCUT2D eigenvalue weighted by atomic mass is 79.9. The number of ether oxygens (including phenoxy) is 1. The fraction of sp³-hybridized carbons (Fsp3) is 0.188. The van der Waals surface area contributed by atoms with Gasteiger partial charge in [0.15, 0.2) is 0 Å². The van der Waals surface area contributed by atoms with Crippen LogP contribution in [0.25, 0.3) is 0 Å². The van der Waals surface area contributed by atoms with Crippen molar-refractivity contribution in [1.82, 2.24) is 0 Å². The molecule has 2 rings (SSSR count). The van der Waals surface area contributed by atoms with Gasteiger partial charge in [-0.2, -0.15) is 8.78 Å². The van der Waals surface area contributed by atoms with Gasteiger partial charge in [-0.3, -0.25) is 0 Å². The summed E-state index contributed by atoms with van der Waals surface area (Å²) in [5, 5.41) is 0. The van der Waals surface area contributed by atoms with Crippen molar-refractivity contribution in [3.63, 3.8) is 0 Å². The van der Waals surface area contributed by atoms with Crippen LogP contribution < -0.4 is 0 Å². The molecule has 0 aliphatic heterocycles. The number of hydrogen-bond acceptors (Lipinski definition) is 2. The fourth-order valence-electron chi connectivity index (χ4n) is 2.09. The Bertz CT molecular complexity index is 710. The molecule has 0 amide bonds. The quantitative estimate of drug-likeness (QED) is 0.602. The van der Waals surface area contributed by atoms with E-state index in [0.29, 0.717) is 14.5 Å². The zero-order valence-corrected chi connectivity index (χ0v) is 15.0. The zero-order valence-electron chi connectivity index (χ0n) is 11.8. The number of esters is 1. The third kappa shape index (κ3) is 3.55. The minimum absolute atomic E-state index is 0.0678. The molecule has 0 aromatic heterocycles. The van der Waals surface area contributed by atoms with Gasteiger partial charge >= 0.3 is 5.97 Å². The van der Waals surface area contributed by atoms with Crippen LogP contribution in [0.3, 0.4) is 0 Å². The van der Waals surface area contributed by atoms with Crippen molar-refractivity contribution in [3.05, 3.63) is 67.6 Å². The van der Waals surface area contributed by atoms with Gasteiger partial charge in [-0.1, -0.05) is 31.9 Å². The third-order valence-corrected chi connectivity index (χ3v) is 4.00. The molecule has 116 valence electrons. The number of halogens is 4. The largest absolute Gasteiger partial charge is 0.465 e. The lowest BCUT2D eigenvalue weighted by Gasteiger charge is -2.19. The molecule has 0 saturated heterocycles. The normalized spacial score (nSPS) is 11.4. The summed E-state index contributed by atoms with van der Waals surface area (Å²) in [6, 6.07) is 8.42. The maximum atomic E-state index is 14.8. The van der Waals surface area contributed by atoms with Crippen LogP contribution >= 0.6 is 31.9 Å². The fourth-order valence-corrected chi connectivity index (χ4v) is 3.19. The van der Waals surface area contributed by atoms with E-state index in [2.05, 4.69) is 36.6 Å². The highest BCUT2D eigenvalue weighted by molar-refractivity contribution is 9.10. The summed E-state index contributed by atoms with van der Waals surface area (Å²) < 4.78 is 35.1. The molecule has 0 aliphatic carbocycles. The van der Waals surface area contributed by atoms with Gasteiger partial charge in [0.25, 0.3) is 5.92 Å². The Morgan fingerprint density at radius 1 is 1.00 bits per heavy atom. The summed E-state index contributed by atoms with van der Waals surface area (Å²) in [6.45, 7) is 1.74. The molecular weight excluding hydrogens is 422 g/mol. The monoisotopic (exact) mass is 432 g/mol. The van der Waals surface area contributed by atoms with Crippen molar-refractivity contribution in [1.29, 1.82) is 0 Å². The second-order valence-electron chi connectivity index (χ2n) is 4.81. The highest BCUT2D eigenvalue weighted by Gasteiger charge is 2.35. The summed E-state index contributed by atoms with van der Waals surface area (Å²) in [4.78, 5) is 11.6. The highest BCUT2D eigenvalue weighted by Crippen LogP contribution is 2.38. The molecule has 0 aliphatic rings. The first-order chi connectivity index (χ1) is 10.2. The molecule has 0 radical (unpaired) electrons. The molecule has 0 spiro atoms. The number of carbonyl (C=O) groups is 1. The Morgan fingerprint density at radius 3 is 2.09 bits per heavy atom. The molecular formula is C16H12Br2F2O2. The van der Waals surface area contributed by atoms with Gasteiger partial charge in [0, 0.05) is 20.1 Å². The third-order valence-electron chi connectivity index (χ3n) is 3.09. The molecule has 22 heavy (non-hydrogen) atoms. The molecule has 2 nitrogen and oxygen atoms in total. The molecule has 0 atom stereocenters. The van der Waals surface area contributed by atoms with E-state index in [0.717, 1.165) is 6.07 Å². The van der Waals surface area contributed by atoms with Crippen molar-refractivity contribution >= 4 is 37.8 Å².